The van der Waals surface area contributed by atoms with Crippen LogP contribution in [0.1, 0.15) is 36.6 Å². The van der Waals surface area contributed by atoms with E-state index in [1.807, 2.05) is 36.4 Å². The van der Waals surface area contributed by atoms with Crippen LogP contribution in [0.15, 0.2) is 71.4 Å². The number of nitrogens with one attached hydrogen (secondary N) is 1. The summed E-state index contributed by atoms with van der Waals surface area (Å²) in [4.78, 5) is 27.8. The second-order valence-electron chi connectivity index (χ2n) is 9.46. The fourth-order valence-corrected chi connectivity index (χ4v) is 4.67. The molecule has 182 valence electrons. The van der Waals surface area contributed by atoms with Gasteiger partial charge in [0.25, 0.3) is 5.91 Å². The quantitative estimate of drug-likeness (QED) is 0.408. The van der Waals surface area contributed by atoms with Gasteiger partial charge < -0.3 is 19.8 Å². The molecular formula is C27H26N6O3. The van der Waals surface area contributed by atoms with E-state index >= 15 is 0 Å². The summed E-state index contributed by atoms with van der Waals surface area (Å²) in [5, 5.41) is 18.4. The molecule has 2 fully saturated rings. The van der Waals surface area contributed by atoms with Gasteiger partial charge in [-0.25, -0.2) is 15.0 Å². The van der Waals surface area contributed by atoms with Crippen LogP contribution >= 0.6 is 0 Å². The van der Waals surface area contributed by atoms with Crippen molar-refractivity contribution >= 4 is 11.9 Å². The fraction of sp³-hybridized carbons (Fsp3) is 0.296. The van der Waals surface area contributed by atoms with E-state index in [1.165, 1.54) is 23.3 Å². The first-order valence-corrected chi connectivity index (χ1v) is 12.1. The average Bonchev–Trinajstić information content (AvgIpc) is 3.57. The molecule has 36 heavy (non-hydrogen) atoms. The van der Waals surface area contributed by atoms with Gasteiger partial charge in [-0.05, 0) is 42.5 Å². The standard InChI is InChI=1S/C27H26N6O3/c1-33-15-13-27(35,25(33)34)23-16-22(32-36-23)20-9-5-8-19(29-20)21-12-14-28-26(30-21)31-24(18-10-11-18)17-6-3-2-4-7-17/h2-9,12,14,16,18,24,35H,10-11,13,15H2,1H3,(H,28,30,31)/t24?,27-/m1/s1. The van der Waals surface area contributed by atoms with Crippen molar-refractivity contribution in [3.8, 4) is 22.8 Å². The average molecular weight is 483 g/mol. The number of pyridine rings is 1. The Morgan fingerprint density at radius 1 is 1.03 bits per heavy atom. The van der Waals surface area contributed by atoms with Crippen LogP contribution in [-0.4, -0.2) is 49.6 Å². The van der Waals surface area contributed by atoms with E-state index in [-0.39, 0.29) is 18.2 Å². The lowest BCUT2D eigenvalue weighted by Gasteiger charge is -2.19. The third-order valence-corrected chi connectivity index (χ3v) is 6.89. The van der Waals surface area contributed by atoms with Gasteiger partial charge in [-0.15, -0.1) is 0 Å². The van der Waals surface area contributed by atoms with Gasteiger partial charge in [0, 0.05) is 32.3 Å². The maximum atomic E-state index is 12.4. The zero-order chi connectivity index (χ0) is 24.7. The van der Waals surface area contributed by atoms with E-state index in [0.717, 1.165) is 0 Å². The third-order valence-electron chi connectivity index (χ3n) is 6.89. The van der Waals surface area contributed by atoms with Crippen LogP contribution in [0.5, 0.6) is 0 Å². The zero-order valence-electron chi connectivity index (χ0n) is 19.8. The lowest BCUT2D eigenvalue weighted by Crippen LogP contribution is -2.35. The molecule has 2 N–H and O–H groups in total. The summed E-state index contributed by atoms with van der Waals surface area (Å²) in [6, 6.07) is 19.5. The molecule has 1 aromatic carbocycles. The summed E-state index contributed by atoms with van der Waals surface area (Å²) in [6.07, 6.45) is 4.35. The van der Waals surface area contributed by atoms with Crippen molar-refractivity contribution in [3.05, 3.63) is 78.2 Å². The Bertz CT molecular complexity index is 1400. The monoisotopic (exact) mass is 482 g/mol. The second-order valence-corrected chi connectivity index (χ2v) is 9.46. The zero-order valence-corrected chi connectivity index (χ0v) is 19.8. The maximum Gasteiger partial charge on any atom is 0.262 e. The minimum atomic E-state index is -1.69. The number of likely N-dealkylation sites (tertiary alicyclic amines) is 1. The van der Waals surface area contributed by atoms with Gasteiger partial charge in [-0.2, -0.15) is 0 Å². The van der Waals surface area contributed by atoms with Crippen LogP contribution in [0.3, 0.4) is 0 Å². The Kier molecular flexibility index (Phi) is 5.49. The molecule has 2 aliphatic rings. The number of aliphatic hydroxyl groups is 1. The van der Waals surface area contributed by atoms with E-state index < -0.39 is 11.5 Å². The van der Waals surface area contributed by atoms with Crippen molar-refractivity contribution in [2.75, 3.05) is 18.9 Å². The van der Waals surface area contributed by atoms with E-state index in [9.17, 15) is 9.90 Å². The van der Waals surface area contributed by atoms with Crippen molar-refractivity contribution in [1.29, 1.82) is 0 Å². The van der Waals surface area contributed by atoms with Gasteiger partial charge >= 0.3 is 0 Å². The highest BCUT2D eigenvalue weighted by molar-refractivity contribution is 5.87. The highest BCUT2D eigenvalue weighted by Gasteiger charge is 2.48. The van der Waals surface area contributed by atoms with Crippen LogP contribution in [0.4, 0.5) is 5.95 Å². The largest absolute Gasteiger partial charge is 0.373 e. The molecule has 1 aliphatic carbocycles. The predicted octanol–water partition coefficient (Wildman–Crippen LogP) is 3.81. The topological polar surface area (TPSA) is 117 Å². The van der Waals surface area contributed by atoms with Gasteiger partial charge in [-0.1, -0.05) is 41.6 Å². The Morgan fingerprint density at radius 2 is 1.78 bits per heavy atom. The predicted molar refractivity (Wildman–Crippen MR) is 132 cm³/mol. The molecule has 0 spiro atoms. The molecular weight excluding hydrogens is 456 g/mol. The number of hydrogen-bond acceptors (Lipinski definition) is 8. The number of nitrogens with zero attached hydrogens (tertiary/aromatic N) is 5. The minimum Gasteiger partial charge on any atom is -0.373 e. The third kappa shape index (κ3) is 4.11. The van der Waals surface area contributed by atoms with Crippen LogP contribution in [0.25, 0.3) is 22.8 Å². The number of benzene rings is 1. The maximum absolute atomic E-state index is 12.4. The molecule has 4 aromatic rings. The summed E-state index contributed by atoms with van der Waals surface area (Å²) in [5.74, 6) is 0.853. The molecule has 4 heterocycles. The molecule has 1 saturated carbocycles. The highest BCUT2D eigenvalue weighted by atomic mass is 16.5. The van der Waals surface area contributed by atoms with Crippen LogP contribution in [0.2, 0.25) is 0 Å². The number of carbonyl (C=O) groups is 1. The second kappa shape index (κ2) is 8.83. The van der Waals surface area contributed by atoms with E-state index in [4.69, 9.17) is 14.5 Å². The molecule has 2 atom stereocenters. The Hall–Kier alpha value is -4.11. The number of amides is 1. The van der Waals surface area contributed by atoms with Gasteiger partial charge in [0.05, 0.1) is 23.1 Å². The molecule has 3 aromatic heterocycles. The normalized spacial score (nSPS) is 20.5. The lowest BCUT2D eigenvalue weighted by atomic mass is 9.98. The van der Waals surface area contributed by atoms with Crippen molar-refractivity contribution < 1.29 is 14.4 Å². The summed E-state index contributed by atoms with van der Waals surface area (Å²) >= 11 is 0. The van der Waals surface area contributed by atoms with E-state index in [0.29, 0.717) is 41.2 Å². The summed E-state index contributed by atoms with van der Waals surface area (Å²) in [6.45, 7) is 0.453. The van der Waals surface area contributed by atoms with Gasteiger partial charge in [0.15, 0.2) is 5.76 Å². The molecule has 6 rings (SSSR count). The van der Waals surface area contributed by atoms with Crippen molar-refractivity contribution in [3.63, 3.8) is 0 Å². The molecule has 9 heteroatoms. The van der Waals surface area contributed by atoms with E-state index in [1.54, 1.807) is 25.4 Å². The minimum absolute atomic E-state index is 0.125. The molecule has 1 aliphatic heterocycles. The van der Waals surface area contributed by atoms with E-state index in [2.05, 4.69) is 27.6 Å². The Balaban J connectivity index is 1.26. The smallest absolute Gasteiger partial charge is 0.262 e. The Morgan fingerprint density at radius 3 is 2.50 bits per heavy atom. The summed E-state index contributed by atoms with van der Waals surface area (Å²) < 4.78 is 5.38. The van der Waals surface area contributed by atoms with Crippen LogP contribution < -0.4 is 5.32 Å². The highest BCUT2D eigenvalue weighted by Crippen LogP contribution is 2.42. The van der Waals surface area contributed by atoms with Crippen LogP contribution in [0, 0.1) is 5.92 Å². The molecule has 9 nitrogen and oxygen atoms in total. The fourth-order valence-electron chi connectivity index (χ4n) is 4.67. The Labute approximate surface area is 208 Å². The molecule has 0 bridgehead atoms. The van der Waals surface area contributed by atoms with Crippen molar-refractivity contribution in [1.82, 2.24) is 25.0 Å². The lowest BCUT2D eigenvalue weighted by molar-refractivity contribution is -0.144. The number of aromatic nitrogens is 4. The van der Waals surface area contributed by atoms with Gasteiger partial charge in [-0.3, -0.25) is 4.79 Å². The first-order chi connectivity index (χ1) is 17.5. The number of hydrogen-bond donors (Lipinski definition) is 2. The van der Waals surface area contributed by atoms with Gasteiger partial charge in [0.2, 0.25) is 11.5 Å². The first-order valence-electron chi connectivity index (χ1n) is 12.1. The number of anilines is 1. The summed E-state index contributed by atoms with van der Waals surface area (Å²) in [5.41, 5.74) is 1.85. The molecule has 1 saturated heterocycles. The number of likely N-dealkylation sites (N-methyl/N-ethyl adjacent to an activating group) is 1. The molecule has 0 radical (unpaired) electrons. The molecule has 1 unspecified atom stereocenters. The summed E-state index contributed by atoms with van der Waals surface area (Å²) in [7, 11) is 1.65. The number of rotatable bonds is 7. The first kappa shape index (κ1) is 22.4. The number of carbonyl (C=O) groups excluding carboxylic acids is 1. The van der Waals surface area contributed by atoms with Crippen molar-refractivity contribution in [2.24, 2.45) is 5.92 Å². The van der Waals surface area contributed by atoms with Crippen LogP contribution in [-0.2, 0) is 10.4 Å². The SMILES string of the molecule is CN1CC[C@@](O)(c2cc(-c3cccc(-c4ccnc(NC(c5ccccc5)C5CC5)n4)n3)no2)C1=O. The van der Waals surface area contributed by atoms with Gasteiger partial charge in [0.1, 0.15) is 5.69 Å². The molecule has 1 amide bonds. The van der Waals surface area contributed by atoms with Crippen molar-refractivity contribution in [2.45, 2.75) is 30.9 Å².